The quantitative estimate of drug-likeness (QED) is 0.349. The van der Waals surface area contributed by atoms with Gasteiger partial charge in [-0.3, -0.25) is 9.78 Å². The van der Waals surface area contributed by atoms with Crippen molar-refractivity contribution in [1.82, 2.24) is 14.5 Å². The van der Waals surface area contributed by atoms with E-state index in [1.807, 2.05) is 0 Å². The zero-order valence-corrected chi connectivity index (χ0v) is 17.9. The van der Waals surface area contributed by atoms with Crippen LogP contribution < -0.4 is 10.1 Å². The molecule has 4 rings (SSSR count). The molecule has 0 fully saturated rings. The summed E-state index contributed by atoms with van der Waals surface area (Å²) < 4.78 is 74.1. The van der Waals surface area contributed by atoms with E-state index in [0.717, 1.165) is 0 Å². The number of ether oxygens (including phenoxy) is 1. The summed E-state index contributed by atoms with van der Waals surface area (Å²) in [5.74, 6) is -2.04. The van der Waals surface area contributed by atoms with Crippen molar-refractivity contribution in [1.29, 1.82) is 0 Å². The van der Waals surface area contributed by atoms with Gasteiger partial charge in [-0.1, -0.05) is 0 Å². The SMILES string of the molecule is CC(=O)Cc1cc(Oc2ccc3c(c2)nc(Nc2cc(C(F)(F)F)c(F)cc2F)n3C)ccn1. The van der Waals surface area contributed by atoms with E-state index in [0.29, 0.717) is 34.3 Å². The molecule has 0 aliphatic rings. The molecule has 6 nitrogen and oxygen atoms in total. The number of rotatable bonds is 6. The summed E-state index contributed by atoms with van der Waals surface area (Å²) in [6.45, 7) is 1.46. The fourth-order valence-corrected chi connectivity index (χ4v) is 3.34. The number of pyridine rings is 1. The van der Waals surface area contributed by atoms with Crippen LogP contribution in [0.1, 0.15) is 18.2 Å². The molecular weight excluding hydrogens is 459 g/mol. The van der Waals surface area contributed by atoms with Crippen molar-refractivity contribution in [2.45, 2.75) is 19.5 Å². The maximum Gasteiger partial charge on any atom is 0.419 e. The molecule has 0 unspecified atom stereocenters. The van der Waals surface area contributed by atoms with Gasteiger partial charge in [-0.2, -0.15) is 13.2 Å². The number of fused-ring (bicyclic) bond motifs is 1. The molecule has 34 heavy (non-hydrogen) atoms. The van der Waals surface area contributed by atoms with Gasteiger partial charge in [0.25, 0.3) is 0 Å². The first kappa shape index (κ1) is 23.1. The minimum atomic E-state index is -4.98. The molecule has 4 aromatic rings. The maximum absolute atomic E-state index is 14.2. The van der Waals surface area contributed by atoms with Crippen molar-refractivity contribution in [3.05, 3.63) is 71.6 Å². The Hall–Kier alpha value is -4.02. The van der Waals surface area contributed by atoms with E-state index in [-0.39, 0.29) is 24.2 Å². The van der Waals surface area contributed by atoms with Gasteiger partial charge in [-0.25, -0.2) is 13.8 Å². The lowest BCUT2D eigenvalue weighted by atomic mass is 10.1. The van der Waals surface area contributed by atoms with Crippen LogP contribution in [0.25, 0.3) is 11.0 Å². The van der Waals surface area contributed by atoms with Gasteiger partial charge in [-0.05, 0) is 31.2 Å². The second-order valence-corrected chi connectivity index (χ2v) is 7.54. The third-order valence-electron chi connectivity index (χ3n) is 4.91. The van der Waals surface area contributed by atoms with Crippen LogP contribution in [0.3, 0.4) is 0 Å². The first-order chi connectivity index (χ1) is 16.0. The standard InChI is InChI=1S/C23H17F5N4O2/c1-12(33)7-13-8-15(5-6-29-13)34-14-3-4-21-20(9-14)31-22(32(21)2)30-19-10-16(23(26,27)28)17(24)11-18(19)25/h3-6,8-11H,7H2,1-2H3,(H,30,31). The van der Waals surface area contributed by atoms with E-state index in [4.69, 9.17) is 4.74 Å². The lowest BCUT2D eigenvalue weighted by Crippen LogP contribution is -2.10. The Kier molecular flexibility index (Phi) is 5.94. The number of nitrogens with zero attached hydrogens (tertiary/aromatic N) is 3. The van der Waals surface area contributed by atoms with Crippen molar-refractivity contribution in [2.75, 3.05) is 5.32 Å². The largest absolute Gasteiger partial charge is 0.457 e. The van der Waals surface area contributed by atoms with Gasteiger partial charge in [0, 0.05) is 37.9 Å². The topological polar surface area (TPSA) is 69.0 Å². The number of anilines is 2. The normalized spacial score (nSPS) is 11.6. The van der Waals surface area contributed by atoms with Crippen molar-refractivity contribution in [3.63, 3.8) is 0 Å². The molecule has 1 N–H and O–H groups in total. The van der Waals surface area contributed by atoms with Gasteiger partial charge in [-0.15, -0.1) is 0 Å². The molecule has 2 aromatic carbocycles. The molecule has 0 radical (unpaired) electrons. The Morgan fingerprint density at radius 1 is 1.06 bits per heavy atom. The number of hydrogen-bond donors (Lipinski definition) is 1. The lowest BCUT2D eigenvalue weighted by molar-refractivity contribution is -0.140. The van der Waals surface area contributed by atoms with E-state index in [1.54, 1.807) is 37.4 Å². The third kappa shape index (κ3) is 4.82. The fourth-order valence-electron chi connectivity index (χ4n) is 3.34. The number of carbonyl (C=O) groups is 1. The van der Waals surface area contributed by atoms with Crippen LogP contribution in [0.2, 0.25) is 0 Å². The van der Waals surface area contributed by atoms with Crippen LogP contribution in [0, 0.1) is 11.6 Å². The summed E-state index contributed by atoms with van der Waals surface area (Å²) in [7, 11) is 1.58. The van der Waals surface area contributed by atoms with Crippen molar-refractivity contribution in [2.24, 2.45) is 7.05 Å². The van der Waals surface area contributed by atoms with Gasteiger partial charge < -0.3 is 14.6 Å². The number of aryl methyl sites for hydroxylation is 1. The molecule has 0 bridgehead atoms. The highest BCUT2D eigenvalue weighted by Gasteiger charge is 2.35. The van der Waals surface area contributed by atoms with Crippen LogP contribution >= 0.6 is 0 Å². The fraction of sp³-hybridized carbons (Fsp3) is 0.174. The third-order valence-corrected chi connectivity index (χ3v) is 4.91. The maximum atomic E-state index is 14.2. The Bertz CT molecular complexity index is 1400. The van der Waals surface area contributed by atoms with Gasteiger partial charge in [0.2, 0.25) is 5.95 Å². The minimum Gasteiger partial charge on any atom is -0.457 e. The summed E-state index contributed by atoms with van der Waals surface area (Å²) in [5, 5.41) is 2.49. The van der Waals surface area contributed by atoms with E-state index in [2.05, 4.69) is 15.3 Å². The molecule has 11 heteroatoms. The van der Waals surface area contributed by atoms with Gasteiger partial charge in [0.15, 0.2) is 0 Å². The van der Waals surface area contributed by atoms with E-state index in [1.165, 1.54) is 17.7 Å². The molecule has 0 saturated carbocycles. The Morgan fingerprint density at radius 3 is 2.50 bits per heavy atom. The van der Waals surface area contributed by atoms with Crippen LogP contribution in [-0.2, 0) is 24.4 Å². The van der Waals surface area contributed by atoms with E-state index >= 15 is 0 Å². The van der Waals surface area contributed by atoms with E-state index < -0.39 is 29.1 Å². The van der Waals surface area contributed by atoms with Crippen molar-refractivity contribution >= 4 is 28.5 Å². The second-order valence-electron chi connectivity index (χ2n) is 7.54. The molecule has 0 amide bonds. The summed E-state index contributed by atoms with van der Waals surface area (Å²) in [6.07, 6.45) is -3.30. The Morgan fingerprint density at radius 2 is 1.79 bits per heavy atom. The Balaban J connectivity index is 1.63. The summed E-state index contributed by atoms with van der Waals surface area (Å²) >= 11 is 0. The first-order valence-electron chi connectivity index (χ1n) is 9.93. The smallest absolute Gasteiger partial charge is 0.419 e. The zero-order valence-electron chi connectivity index (χ0n) is 17.9. The van der Waals surface area contributed by atoms with Gasteiger partial charge in [0.05, 0.1) is 28.0 Å². The summed E-state index contributed by atoms with van der Waals surface area (Å²) in [6, 6.07) is 8.70. The number of ketones is 1. The second kappa shape index (κ2) is 8.73. The Labute approximate surface area is 190 Å². The molecule has 2 heterocycles. The molecule has 0 atom stereocenters. The number of carbonyl (C=O) groups excluding carboxylic acids is 1. The van der Waals surface area contributed by atoms with Crippen LogP contribution in [0.15, 0.2) is 48.7 Å². The molecule has 0 spiro atoms. The molecule has 0 aliphatic heterocycles. The molecule has 176 valence electrons. The number of aromatic nitrogens is 3. The number of imidazole rings is 1. The summed E-state index contributed by atoms with van der Waals surface area (Å²) in [5.41, 5.74) is -0.611. The highest BCUT2D eigenvalue weighted by molar-refractivity contribution is 5.81. The number of benzene rings is 2. The average Bonchev–Trinajstić information content (AvgIpc) is 3.03. The van der Waals surface area contributed by atoms with Gasteiger partial charge >= 0.3 is 6.18 Å². The number of hydrogen-bond acceptors (Lipinski definition) is 5. The molecule has 2 aromatic heterocycles. The summed E-state index contributed by atoms with van der Waals surface area (Å²) in [4.78, 5) is 19.7. The predicted octanol–water partition coefficient (Wildman–Crippen LogP) is 5.93. The number of halogens is 5. The number of Topliss-reactive ketones (excluding diaryl/α,β-unsaturated/α-hetero) is 1. The van der Waals surface area contributed by atoms with Crippen LogP contribution in [0.5, 0.6) is 11.5 Å². The molecule has 0 saturated heterocycles. The molecular formula is C23H17F5N4O2. The van der Waals surface area contributed by atoms with Crippen molar-refractivity contribution in [3.8, 4) is 11.5 Å². The van der Waals surface area contributed by atoms with Gasteiger partial charge in [0.1, 0.15) is 28.9 Å². The highest BCUT2D eigenvalue weighted by Crippen LogP contribution is 2.35. The predicted molar refractivity (Wildman–Crippen MR) is 114 cm³/mol. The highest BCUT2D eigenvalue weighted by atomic mass is 19.4. The van der Waals surface area contributed by atoms with E-state index in [9.17, 15) is 26.7 Å². The molecule has 0 aliphatic carbocycles. The minimum absolute atomic E-state index is 0.0402. The van der Waals surface area contributed by atoms with Crippen molar-refractivity contribution < 1.29 is 31.5 Å². The van der Waals surface area contributed by atoms with Crippen LogP contribution in [0.4, 0.5) is 33.6 Å². The first-order valence-corrected chi connectivity index (χ1v) is 9.93. The monoisotopic (exact) mass is 476 g/mol. The average molecular weight is 476 g/mol. The number of nitrogens with one attached hydrogen (secondary N) is 1. The zero-order chi connectivity index (χ0) is 24.6. The van der Waals surface area contributed by atoms with Crippen LogP contribution in [-0.4, -0.2) is 20.3 Å². The lowest BCUT2D eigenvalue weighted by Gasteiger charge is -2.12. The number of alkyl halides is 3.